The molecule has 1 N–H and O–H groups in total. The summed E-state index contributed by atoms with van der Waals surface area (Å²) in [6, 6.07) is 17.5. The van der Waals surface area contributed by atoms with Crippen molar-refractivity contribution in [3.63, 3.8) is 0 Å². The number of amides is 2. The Morgan fingerprint density at radius 2 is 1.48 bits per heavy atom. The minimum absolute atomic E-state index is 0.299. The van der Waals surface area contributed by atoms with Crippen molar-refractivity contribution in [2.75, 3.05) is 11.4 Å². The van der Waals surface area contributed by atoms with Crippen LogP contribution in [0.2, 0.25) is 0 Å². The summed E-state index contributed by atoms with van der Waals surface area (Å²) < 4.78 is 0. The van der Waals surface area contributed by atoms with E-state index in [1.54, 1.807) is 4.90 Å². The smallest absolute Gasteiger partial charge is 0.329 e. The number of nitrogens with zero attached hydrogens (tertiary/aromatic N) is 2. The van der Waals surface area contributed by atoms with Crippen LogP contribution in [0, 0.1) is 0 Å². The summed E-state index contributed by atoms with van der Waals surface area (Å²) in [7, 11) is 0. The summed E-state index contributed by atoms with van der Waals surface area (Å²) in [5.74, 6) is -0.947. The maximum Gasteiger partial charge on any atom is 0.329 e. The van der Waals surface area contributed by atoms with Crippen LogP contribution in [0.5, 0.6) is 0 Å². The zero-order valence-corrected chi connectivity index (χ0v) is 12.6. The van der Waals surface area contributed by atoms with Gasteiger partial charge in [0.2, 0.25) is 0 Å². The first-order valence-electron chi connectivity index (χ1n) is 7.62. The van der Waals surface area contributed by atoms with Gasteiger partial charge in [-0.2, -0.15) is 0 Å². The Labute approximate surface area is 134 Å². The molecule has 2 aromatic carbocycles. The van der Waals surface area contributed by atoms with Crippen molar-refractivity contribution in [3.05, 3.63) is 60.7 Å². The van der Waals surface area contributed by atoms with E-state index in [1.807, 2.05) is 60.7 Å². The Hall–Kier alpha value is -2.82. The molecule has 0 saturated carbocycles. The number of anilines is 2. The lowest BCUT2D eigenvalue weighted by atomic mass is 10.2. The van der Waals surface area contributed by atoms with Crippen molar-refractivity contribution in [1.82, 2.24) is 4.90 Å². The van der Waals surface area contributed by atoms with Gasteiger partial charge < -0.3 is 10.0 Å². The normalized spacial score (nSPS) is 17.0. The average Bonchev–Trinajstić information content (AvgIpc) is 3.07. The third-order valence-corrected chi connectivity index (χ3v) is 4.00. The zero-order valence-electron chi connectivity index (χ0n) is 12.6. The lowest BCUT2D eigenvalue weighted by Crippen LogP contribution is -2.46. The summed E-state index contributed by atoms with van der Waals surface area (Å²) in [6.45, 7) is 0.464. The molecule has 1 atom stereocenters. The van der Waals surface area contributed by atoms with Gasteiger partial charge in [0.1, 0.15) is 6.04 Å². The van der Waals surface area contributed by atoms with Gasteiger partial charge in [0.15, 0.2) is 0 Å². The third kappa shape index (κ3) is 3.04. The molecule has 5 heteroatoms. The van der Waals surface area contributed by atoms with Gasteiger partial charge in [-0.15, -0.1) is 0 Å². The molecule has 0 bridgehead atoms. The first kappa shape index (κ1) is 15.1. The number of carbonyl (C=O) groups excluding carboxylic acids is 1. The highest BCUT2D eigenvalue weighted by molar-refractivity contribution is 6.01. The SMILES string of the molecule is O=C(O)[C@@H]1CCCN1C(=O)N(c1ccccc1)c1ccccc1. The van der Waals surface area contributed by atoms with Gasteiger partial charge in [-0.1, -0.05) is 36.4 Å². The van der Waals surface area contributed by atoms with Crippen LogP contribution in [0.4, 0.5) is 16.2 Å². The lowest BCUT2D eigenvalue weighted by Gasteiger charge is -2.30. The van der Waals surface area contributed by atoms with E-state index in [0.717, 1.165) is 11.4 Å². The number of carboxylic acid groups (broad SMARTS) is 1. The first-order chi connectivity index (χ1) is 11.2. The highest BCUT2D eigenvalue weighted by Crippen LogP contribution is 2.29. The molecule has 0 spiro atoms. The fourth-order valence-corrected chi connectivity index (χ4v) is 2.90. The van der Waals surface area contributed by atoms with E-state index >= 15 is 0 Å². The van der Waals surface area contributed by atoms with E-state index in [-0.39, 0.29) is 6.03 Å². The maximum absolute atomic E-state index is 13.0. The minimum Gasteiger partial charge on any atom is -0.480 e. The van der Waals surface area contributed by atoms with Crippen LogP contribution in [0.3, 0.4) is 0 Å². The summed E-state index contributed by atoms with van der Waals surface area (Å²) in [5.41, 5.74) is 1.44. The Kier molecular flexibility index (Phi) is 4.28. The molecule has 23 heavy (non-hydrogen) atoms. The number of rotatable bonds is 3. The number of likely N-dealkylation sites (tertiary alicyclic amines) is 1. The number of aliphatic carboxylic acids is 1. The van der Waals surface area contributed by atoms with E-state index in [9.17, 15) is 14.7 Å². The second-order valence-electron chi connectivity index (χ2n) is 5.48. The van der Waals surface area contributed by atoms with Gasteiger partial charge in [0.05, 0.1) is 11.4 Å². The minimum atomic E-state index is -0.947. The van der Waals surface area contributed by atoms with Crippen LogP contribution in [0.25, 0.3) is 0 Å². The van der Waals surface area contributed by atoms with Crippen LogP contribution in [0.15, 0.2) is 60.7 Å². The fraction of sp³-hybridized carbons (Fsp3) is 0.222. The predicted octanol–water partition coefficient (Wildman–Crippen LogP) is 3.49. The van der Waals surface area contributed by atoms with Crippen molar-refractivity contribution in [3.8, 4) is 0 Å². The molecule has 1 fully saturated rings. The molecule has 118 valence electrons. The monoisotopic (exact) mass is 310 g/mol. The number of para-hydroxylation sites is 2. The Morgan fingerprint density at radius 1 is 0.957 bits per heavy atom. The average molecular weight is 310 g/mol. The molecule has 1 saturated heterocycles. The van der Waals surface area contributed by atoms with E-state index in [1.165, 1.54) is 4.90 Å². The second-order valence-corrected chi connectivity index (χ2v) is 5.48. The first-order valence-corrected chi connectivity index (χ1v) is 7.62. The van der Waals surface area contributed by atoms with E-state index in [2.05, 4.69) is 0 Å². The van der Waals surface area contributed by atoms with Crippen LogP contribution >= 0.6 is 0 Å². The Balaban J connectivity index is 1.99. The summed E-state index contributed by atoms with van der Waals surface area (Å²) in [4.78, 5) is 27.5. The van der Waals surface area contributed by atoms with E-state index in [4.69, 9.17) is 0 Å². The van der Waals surface area contributed by atoms with Crippen molar-refractivity contribution >= 4 is 23.4 Å². The van der Waals surface area contributed by atoms with Gasteiger partial charge in [-0.25, -0.2) is 9.59 Å². The quantitative estimate of drug-likeness (QED) is 0.944. The molecule has 0 radical (unpaired) electrons. The molecule has 0 aromatic heterocycles. The Morgan fingerprint density at radius 3 is 1.96 bits per heavy atom. The summed E-state index contributed by atoms with van der Waals surface area (Å²) in [6.07, 6.45) is 1.21. The number of carboxylic acids is 1. The maximum atomic E-state index is 13.0. The standard InChI is InChI=1S/C18H18N2O3/c21-17(22)16-12-7-13-19(16)18(23)20(14-8-3-1-4-9-14)15-10-5-2-6-11-15/h1-6,8-11,16H,7,12-13H2,(H,21,22)/t16-/m0/s1. The van der Waals surface area contributed by atoms with Crippen molar-refractivity contribution in [1.29, 1.82) is 0 Å². The lowest BCUT2D eigenvalue weighted by molar-refractivity contribution is -0.141. The largest absolute Gasteiger partial charge is 0.480 e. The predicted molar refractivity (Wildman–Crippen MR) is 87.8 cm³/mol. The number of carbonyl (C=O) groups is 2. The molecular formula is C18H18N2O3. The zero-order chi connectivity index (χ0) is 16.2. The van der Waals surface area contributed by atoms with E-state index in [0.29, 0.717) is 19.4 Å². The van der Waals surface area contributed by atoms with Crippen molar-refractivity contribution < 1.29 is 14.7 Å². The fourth-order valence-electron chi connectivity index (χ4n) is 2.90. The molecule has 1 aliphatic heterocycles. The number of hydrogen-bond acceptors (Lipinski definition) is 2. The third-order valence-electron chi connectivity index (χ3n) is 4.00. The number of urea groups is 1. The molecule has 2 amide bonds. The molecule has 2 aromatic rings. The van der Waals surface area contributed by atoms with Gasteiger partial charge in [-0.05, 0) is 37.1 Å². The van der Waals surface area contributed by atoms with Gasteiger partial charge in [-0.3, -0.25) is 4.90 Å². The van der Waals surface area contributed by atoms with Crippen molar-refractivity contribution in [2.45, 2.75) is 18.9 Å². The summed E-state index contributed by atoms with van der Waals surface area (Å²) in [5, 5.41) is 9.34. The molecule has 1 heterocycles. The molecule has 5 nitrogen and oxygen atoms in total. The molecule has 1 aliphatic rings. The molecule has 0 aliphatic carbocycles. The number of hydrogen-bond donors (Lipinski definition) is 1. The van der Waals surface area contributed by atoms with Gasteiger partial charge in [0, 0.05) is 6.54 Å². The van der Waals surface area contributed by atoms with Crippen LogP contribution in [-0.2, 0) is 4.79 Å². The van der Waals surface area contributed by atoms with Gasteiger partial charge in [0.25, 0.3) is 0 Å². The highest BCUT2D eigenvalue weighted by atomic mass is 16.4. The number of benzene rings is 2. The van der Waals surface area contributed by atoms with Crippen LogP contribution in [0.1, 0.15) is 12.8 Å². The van der Waals surface area contributed by atoms with Crippen LogP contribution < -0.4 is 4.90 Å². The van der Waals surface area contributed by atoms with Gasteiger partial charge >= 0.3 is 12.0 Å². The topological polar surface area (TPSA) is 60.9 Å². The van der Waals surface area contributed by atoms with Crippen LogP contribution in [-0.4, -0.2) is 34.6 Å². The summed E-state index contributed by atoms with van der Waals surface area (Å²) >= 11 is 0. The molecular weight excluding hydrogens is 292 g/mol. The second kappa shape index (κ2) is 6.52. The van der Waals surface area contributed by atoms with Crippen molar-refractivity contribution in [2.24, 2.45) is 0 Å². The van der Waals surface area contributed by atoms with E-state index < -0.39 is 12.0 Å². The molecule has 0 unspecified atom stereocenters. The highest BCUT2D eigenvalue weighted by Gasteiger charge is 2.37. The Bertz CT molecular complexity index is 648. The molecule has 3 rings (SSSR count).